The summed E-state index contributed by atoms with van der Waals surface area (Å²) >= 11 is 5.90. The maximum absolute atomic E-state index is 12.4. The van der Waals surface area contributed by atoms with E-state index in [1.165, 1.54) is 5.56 Å². The number of hydrogen-bond acceptors (Lipinski definition) is 4. The molecule has 7 heteroatoms. The first-order valence-corrected chi connectivity index (χ1v) is 10.9. The highest BCUT2D eigenvalue weighted by atomic mass is 35.5. The molecule has 33 heavy (non-hydrogen) atoms. The fraction of sp³-hybridized carbons (Fsp3) is 0.115. The molecule has 6 nitrogen and oxygen atoms in total. The van der Waals surface area contributed by atoms with Crippen molar-refractivity contribution in [2.45, 2.75) is 20.0 Å². The number of carbonyl (C=O) groups excluding carboxylic acids is 1. The first-order valence-electron chi connectivity index (χ1n) is 10.6. The topological polar surface area (TPSA) is 79.4 Å². The van der Waals surface area contributed by atoms with Crippen LogP contribution in [0.2, 0.25) is 5.02 Å². The van der Waals surface area contributed by atoms with Crippen LogP contribution in [0.4, 0.5) is 0 Å². The highest BCUT2D eigenvalue weighted by Gasteiger charge is 2.10. The Balaban J connectivity index is 1.32. The van der Waals surface area contributed by atoms with Gasteiger partial charge in [0.25, 0.3) is 5.91 Å². The molecule has 1 heterocycles. The Bertz CT molecular complexity index is 1230. The largest absolute Gasteiger partial charge is 0.489 e. The third kappa shape index (κ3) is 6.08. The average Bonchev–Trinajstić information content (AvgIpc) is 3.35. The van der Waals surface area contributed by atoms with Crippen molar-refractivity contribution in [3.8, 4) is 17.0 Å². The number of aryl methyl sites for hydroxylation is 1. The van der Waals surface area contributed by atoms with E-state index >= 15 is 0 Å². The summed E-state index contributed by atoms with van der Waals surface area (Å²) in [5.41, 5.74) is 7.56. The number of aromatic amines is 1. The molecule has 0 spiro atoms. The number of halogens is 1. The average molecular weight is 459 g/mol. The van der Waals surface area contributed by atoms with Crippen molar-refractivity contribution in [2.75, 3.05) is 0 Å². The standard InChI is InChI=1S/C26H23ClN4O2/c1-2-18-3-5-19(6-4-18)16-28-31-26(32)25-15-24(29-30-25)21-9-13-23(14-10-21)33-17-20-7-11-22(27)12-8-20/h3-16H,2,17H2,1H3,(H,29,30)(H,31,32)/b28-16+. The molecule has 0 aliphatic heterocycles. The van der Waals surface area contributed by atoms with Gasteiger partial charge in [-0.05, 0) is 65.6 Å². The summed E-state index contributed by atoms with van der Waals surface area (Å²) in [6.45, 7) is 2.56. The normalized spacial score (nSPS) is 11.0. The Morgan fingerprint density at radius 1 is 1.03 bits per heavy atom. The number of hydrazone groups is 1. The van der Waals surface area contributed by atoms with Gasteiger partial charge in [0, 0.05) is 10.6 Å². The van der Waals surface area contributed by atoms with Gasteiger partial charge in [-0.2, -0.15) is 10.2 Å². The third-order valence-corrected chi connectivity index (χ3v) is 5.31. The van der Waals surface area contributed by atoms with E-state index in [2.05, 4.69) is 27.6 Å². The number of nitrogens with one attached hydrogen (secondary N) is 2. The van der Waals surface area contributed by atoms with Gasteiger partial charge in [0.15, 0.2) is 0 Å². The van der Waals surface area contributed by atoms with Crippen molar-refractivity contribution < 1.29 is 9.53 Å². The van der Waals surface area contributed by atoms with E-state index in [0.29, 0.717) is 23.0 Å². The van der Waals surface area contributed by atoms with Crippen LogP contribution < -0.4 is 10.2 Å². The molecule has 0 unspecified atom stereocenters. The summed E-state index contributed by atoms with van der Waals surface area (Å²) in [5, 5.41) is 11.7. The molecule has 0 atom stereocenters. The molecule has 0 radical (unpaired) electrons. The van der Waals surface area contributed by atoms with E-state index in [1.54, 1.807) is 12.3 Å². The zero-order chi connectivity index (χ0) is 23.0. The predicted molar refractivity (Wildman–Crippen MR) is 131 cm³/mol. The van der Waals surface area contributed by atoms with Gasteiger partial charge in [0.1, 0.15) is 18.1 Å². The monoisotopic (exact) mass is 458 g/mol. The SMILES string of the molecule is CCc1ccc(/C=N/NC(=O)c2cc(-c3ccc(OCc4ccc(Cl)cc4)cc3)n[nH]2)cc1. The van der Waals surface area contributed by atoms with E-state index in [0.717, 1.165) is 28.9 Å². The minimum absolute atomic E-state index is 0.326. The lowest BCUT2D eigenvalue weighted by Crippen LogP contribution is -2.17. The van der Waals surface area contributed by atoms with Gasteiger partial charge in [-0.15, -0.1) is 0 Å². The van der Waals surface area contributed by atoms with Crippen LogP contribution in [0.3, 0.4) is 0 Å². The van der Waals surface area contributed by atoms with E-state index in [1.807, 2.05) is 72.8 Å². The molecule has 3 aromatic carbocycles. The fourth-order valence-electron chi connectivity index (χ4n) is 3.12. The van der Waals surface area contributed by atoms with E-state index < -0.39 is 0 Å². The van der Waals surface area contributed by atoms with E-state index in [-0.39, 0.29) is 5.91 Å². The molecule has 4 aromatic rings. The van der Waals surface area contributed by atoms with E-state index in [4.69, 9.17) is 16.3 Å². The van der Waals surface area contributed by atoms with E-state index in [9.17, 15) is 4.79 Å². The predicted octanol–water partition coefficient (Wildman–Crippen LogP) is 5.64. The minimum atomic E-state index is -0.363. The summed E-state index contributed by atoms with van der Waals surface area (Å²) in [5.74, 6) is 0.376. The lowest BCUT2D eigenvalue weighted by Gasteiger charge is -2.07. The molecule has 0 bridgehead atoms. The second-order valence-electron chi connectivity index (χ2n) is 7.40. The van der Waals surface area contributed by atoms with Crippen molar-refractivity contribution in [3.05, 3.63) is 106 Å². The smallest absolute Gasteiger partial charge is 0.289 e. The van der Waals surface area contributed by atoms with Crippen molar-refractivity contribution in [1.82, 2.24) is 15.6 Å². The number of carbonyl (C=O) groups is 1. The lowest BCUT2D eigenvalue weighted by molar-refractivity contribution is 0.0950. The molecule has 166 valence electrons. The molecular weight excluding hydrogens is 436 g/mol. The van der Waals surface area contributed by atoms with Crippen LogP contribution in [-0.2, 0) is 13.0 Å². The molecule has 2 N–H and O–H groups in total. The molecule has 4 rings (SSSR count). The highest BCUT2D eigenvalue weighted by Crippen LogP contribution is 2.22. The van der Waals surface area contributed by atoms with Gasteiger partial charge in [-0.3, -0.25) is 9.89 Å². The van der Waals surface area contributed by atoms with Gasteiger partial charge in [-0.1, -0.05) is 54.9 Å². The summed E-state index contributed by atoms with van der Waals surface area (Å²) in [7, 11) is 0. The number of nitrogens with zero attached hydrogens (tertiary/aromatic N) is 2. The number of benzene rings is 3. The van der Waals surface area contributed by atoms with Gasteiger partial charge in [0.2, 0.25) is 0 Å². The number of rotatable bonds is 8. The van der Waals surface area contributed by atoms with Gasteiger partial charge >= 0.3 is 0 Å². The Morgan fingerprint density at radius 2 is 1.73 bits per heavy atom. The lowest BCUT2D eigenvalue weighted by atomic mass is 10.1. The number of ether oxygens (including phenoxy) is 1. The van der Waals surface area contributed by atoms with Crippen molar-refractivity contribution in [1.29, 1.82) is 0 Å². The van der Waals surface area contributed by atoms with Gasteiger partial charge in [0.05, 0.1) is 11.9 Å². The molecule has 0 fully saturated rings. The third-order valence-electron chi connectivity index (χ3n) is 5.06. The van der Waals surface area contributed by atoms with Gasteiger partial charge < -0.3 is 4.74 Å². The van der Waals surface area contributed by atoms with Crippen molar-refractivity contribution in [3.63, 3.8) is 0 Å². The summed E-state index contributed by atoms with van der Waals surface area (Å²) in [4.78, 5) is 12.4. The Morgan fingerprint density at radius 3 is 2.42 bits per heavy atom. The van der Waals surface area contributed by atoms with Gasteiger partial charge in [-0.25, -0.2) is 5.43 Å². The van der Waals surface area contributed by atoms with Crippen LogP contribution in [-0.4, -0.2) is 22.3 Å². The Labute approximate surface area is 197 Å². The van der Waals surface area contributed by atoms with Crippen LogP contribution in [0.1, 0.15) is 34.1 Å². The van der Waals surface area contributed by atoms with Crippen LogP contribution >= 0.6 is 11.6 Å². The second-order valence-corrected chi connectivity index (χ2v) is 7.84. The zero-order valence-electron chi connectivity index (χ0n) is 18.1. The van der Waals surface area contributed by atoms with Crippen molar-refractivity contribution in [2.24, 2.45) is 5.10 Å². The van der Waals surface area contributed by atoms with Crippen LogP contribution in [0.15, 0.2) is 84.0 Å². The fourth-order valence-corrected chi connectivity index (χ4v) is 3.25. The first-order chi connectivity index (χ1) is 16.1. The Hall–Kier alpha value is -3.90. The molecule has 0 saturated heterocycles. The number of H-pyrrole nitrogens is 1. The van der Waals surface area contributed by atoms with Crippen LogP contribution in [0.5, 0.6) is 5.75 Å². The summed E-state index contributed by atoms with van der Waals surface area (Å²) in [6, 6.07) is 24.8. The maximum Gasteiger partial charge on any atom is 0.289 e. The maximum atomic E-state index is 12.4. The van der Waals surface area contributed by atoms with Crippen molar-refractivity contribution >= 4 is 23.7 Å². The van der Waals surface area contributed by atoms with Crippen LogP contribution in [0, 0.1) is 0 Å². The number of aromatic nitrogens is 2. The van der Waals surface area contributed by atoms with Crippen LogP contribution in [0.25, 0.3) is 11.3 Å². The minimum Gasteiger partial charge on any atom is -0.489 e. The molecule has 0 aliphatic carbocycles. The molecule has 1 amide bonds. The first kappa shape index (κ1) is 22.3. The second kappa shape index (κ2) is 10.6. The molecule has 0 aliphatic rings. The Kier molecular flexibility index (Phi) is 7.17. The summed E-state index contributed by atoms with van der Waals surface area (Å²) < 4.78 is 5.81. The molecule has 1 aromatic heterocycles. The quantitative estimate of drug-likeness (QED) is 0.265. The number of hydrogen-bond donors (Lipinski definition) is 2. The molecular formula is C26H23ClN4O2. The molecule has 0 saturated carbocycles. The number of amides is 1. The zero-order valence-corrected chi connectivity index (χ0v) is 18.8. The highest BCUT2D eigenvalue weighted by molar-refractivity contribution is 6.30. The summed E-state index contributed by atoms with van der Waals surface area (Å²) in [6.07, 6.45) is 2.59.